The second kappa shape index (κ2) is 6.81. The van der Waals surface area contributed by atoms with E-state index >= 15 is 0 Å². The molecule has 2 rings (SSSR count). The number of rotatable bonds is 5. The minimum atomic E-state index is -0.362. The van der Waals surface area contributed by atoms with Crippen LogP contribution in [0.15, 0.2) is 48.5 Å². The van der Waals surface area contributed by atoms with E-state index in [1.165, 1.54) is 24.3 Å². The van der Waals surface area contributed by atoms with E-state index < -0.39 is 0 Å². The van der Waals surface area contributed by atoms with Crippen LogP contribution in [0.4, 0.5) is 10.1 Å². The summed E-state index contributed by atoms with van der Waals surface area (Å²) in [6.45, 7) is -0.168. The number of benzene rings is 2. The number of carbonyl (C=O) groups excluding carboxylic acids is 1. The van der Waals surface area contributed by atoms with Crippen LogP contribution in [-0.4, -0.2) is 17.5 Å². The second-order valence-electron chi connectivity index (χ2n) is 4.24. The summed E-state index contributed by atoms with van der Waals surface area (Å²) in [5, 5.41) is 2.60. The molecule has 4 nitrogen and oxygen atoms in total. The van der Waals surface area contributed by atoms with Crippen molar-refractivity contribution < 1.29 is 13.9 Å². The van der Waals surface area contributed by atoms with Crippen LogP contribution in [0.3, 0.4) is 0 Å². The van der Waals surface area contributed by atoms with Gasteiger partial charge in [-0.1, -0.05) is 24.4 Å². The normalized spacial score (nSPS) is 9.95. The second-order valence-corrected chi connectivity index (χ2v) is 4.68. The van der Waals surface area contributed by atoms with Crippen molar-refractivity contribution in [2.45, 2.75) is 0 Å². The zero-order valence-corrected chi connectivity index (χ0v) is 11.8. The van der Waals surface area contributed by atoms with Gasteiger partial charge in [0.2, 0.25) is 0 Å². The lowest BCUT2D eigenvalue weighted by atomic mass is 10.2. The number of nitrogens with two attached hydrogens (primary N) is 1. The minimum Gasteiger partial charge on any atom is -0.484 e. The Morgan fingerprint density at radius 3 is 2.62 bits per heavy atom. The summed E-state index contributed by atoms with van der Waals surface area (Å²) in [5.74, 6) is -0.212. The maximum absolute atomic E-state index is 12.7. The third-order valence-corrected chi connectivity index (χ3v) is 2.85. The molecule has 0 saturated heterocycles. The van der Waals surface area contributed by atoms with Gasteiger partial charge in [-0.2, -0.15) is 0 Å². The van der Waals surface area contributed by atoms with Gasteiger partial charge in [-0.05, 0) is 36.4 Å². The average Bonchev–Trinajstić information content (AvgIpc) is 2.48. The van der Waals surface area contributed by atoms with Crippen molar-refractivity contribution in [3.63, 3.8) is 0 Å². The molecule has 0 heterocycles. The van der Waals surface area contributed by atoms with Crippen molar-refractivity contribution in [3.8, 4) is 5.75 Å². The highest BCUT2D eigenvalue weighted by atomic mass is 32.1. The van der Waals surface area contributed by atoms with E-state index in [1.54, 1.807) is 24.3 Å². The summed E-state index contributed by atoms with van der Waals surface area (Å²) in [7, 11) is 0. The molecule has 1 amide bonds. The van der Waals surface area contributed by atoms with E-state index in [4.69, 9.17) is 22.7 Å². The van der Waals surface area contributed by atoms with E-state index in [-0.39, 0.29) is 23.3 Å². The summed E-state index contributed by atoms with van der Waals surface area (Å²) in [6.07, 6.45) is 0. The fourth-order valence-corrected chi connectivity index (χ4v) is 1.75. The third kappa shape index (κ3) is 4.54. The molecule has 6 heteroatoms. The Kier molecular flexibility index (Phi) is 4.84. The van der Waals surface area contributed by atoms with Crippen molar-refractivity contribution in [2.75, 3.05) is 11.9 Å². The summed E-state index contributed by atoms with van der Waals surface area (Å²) in [5.41, 5.74) is 6.69. The Morgan fingerprint density at radius 1 is 1.24 bits per heavy atom. The number of anilines is 1. The first-order chi connectivity index (χ1) is 10.0. The maximum atomic E-state index is 12.7. The number of nitrogens with one attached hydrogen (secondary N) is 1. The number of amides is 1. The minimum absolute atomic E-state index is 0.168. The molecule has 108 valence electrons. The van der Waals surface area contributed by atoms with Crippen LogP contribution in [0, 0.1) is 5.82 Å². The quantitative estimate of drug-likeness (QED) is 0.833. The van der Waals surface area contributed by atoms with Gasteiger partial charge in [-0.15, -0.1) is 0 Å². The monoisotopic (exact) mass is 304 g/mol. The van der Waals surface area contributed by atoms with E-state index in [0.717, 1.165) is 0 Å². The molecule has 0 spiro atoms. The van der Waals surface area contributed by atoms with Crippen LogP contribution in [-0.2, 0) is 4.79 Å². The van der Waals surface area contributed by atoms with Gasteiger partial charge in [0.1, 0.15) is 16.6 Å². The van der Waals surface area contributed by atoms with Gasteiger partial charge in [0.15, 0.2) is 6.61 Å². The molecular formula is C15H13FN2O2S. The molecule has 0 saturated carbocycles. The lowest BCUT2D eigenvalue weighted by Crippen LogP contribution is -2.20. The van der Waals surface area contributed by atoms with Crippen LogP contribution in [0.1, 0.15) is 5.56 Å². The number of hydrogen-bond acceptors (Lipinski definition) is 3. The molecule has 0 aromatic heterocycles. The number of thiocarbonyl (C=S) groups is 1. The summed E-state index contributed by atoms with van der Waals surface area (Å²) >= 11 is 4.87. The Labute approximate surface area is 126 Å². The highest BCUT2D eigenvalue weighted by Gasteiger charge is 2.05. The first-order valence-corrected chi connectivity index (χ1v) is 6.53. The summed E-state index contributed by atoms with van der Waals surface area (Å²) in [6, 6.07) is 12.3. The Balaban J connectivity index is 1.90. The van der Waals surface area contributed by atoms with Crippen LogP contribution >= 0.6 is 12.2 Å². The van der Waals surface area contributed by atoms with Crippen LogP contribution in [0.5, 0.6) is 5.75 Å². The zero-order valence-electron chi connectivity index (χ0n) is 11.0. The molecule has 0 fully saturated rings. The van der Waals surface area contributed by atoms with E-state index in [0.29, 0.717) is 17.0 Å². The topological polar surface area (TPSA) is 64.3 Å². The molecule has 0 aliphatic heterocycles. The molecule has 3 N–H and O–H groups in total. The molecule has 0 radical (unpaired) electrons. The molecule has 0 unspecified atom stereocenters. The SMILES string of the molecule is NC(=S)c1cccc(OCC(=O)Nc2ccc(F)cc2)c1. The van der Waals surface area contributed by atoms with Crippen LogP contribution in [0.25, 0.3) is 0 Å². The van der Waals surface area contributed by atoms with Gasteiger partial charge in [-0.3, -0.25) is 4.79 Å². The van der Waals surface area contributed by atoms with E-state index in [2.05, 4.69) is 5.32 Å². The number of carbonyl (C=O) groups is 1. The Hall–Kier alpha value is -2.47. The van der Waals surface area contributed by atoms with E-state index in [1.807, 2.05) is 0 Å². The largest absolute Gasteiger partial charge is 0.484 e. The van der Waals surface area contributed by atoms with Gasteiger partial charge >= 0.3 is 0 Å². The smallest absolute Gasteiger partial charge is 0.262 e. The van der Waals surface area contributed by atoms with Crippen molar-refractivity contribution in [2.24, 2.45) is 5.73 Å². The standard InChI is InChI=1S/C15H13FN2O2S/c16-11-4-6-12(7-5-11)18-14(19)9-20-13-3-1-2-10(8-13)15(17)21/h1-8H,9H2,(H2,17,21)(H,18,19). The summed E-state index contributed by atoms with van der Waals surface area (Å²) in [4.78, 5) is 12.0. The average molecular weight is 304 g/mol. The molecule has 0 bridgehead atoms. The van der Waals surface area contributed by atoms with Crippen molar-refractivity contribution >= 4 is 28.8 Å². The van der Waals surface area contributed by atoms with Crippen molar-refractivity contribution in [3.05, 3.63) is 59.9 Å². The fraction of sp³-hybridized carbons (Fsp3) is 0.0667. The first kappa shape index (κ1) is 14.9. The fourth-order valence-electron chi connectivity index (χ4n) is 1.62. The van der Waals surface area contributed by atoms with Gasteiger partial charge in [-0.25, -0.2) is 4.39 Å². The molecule has 0 atom stereocenters. The predicted molar refractivity (Wildman–Crippen MR) is 82.9 cm³/mol. The molecule has 2 aromatic rings. The lowest BCUT2D eigenvalue weighted by Gasteiger charge is -2.08. The number of halogens is 1. The van der Waals surface area contributed by atoms with Crippen molar-refractivity contribution in [1.82, 2.24) is 0 Å². The van der Waals surface area contributed by atoms with Gasteiger partial charge < -0.3 is 15.8 Å². The van der Waals surface area contributed by atoms with Crippen molar-refractivity contribution in [1.29, 1.82) is 0 Å². The van der Waals surface area contributed by atoms with Crippen LogP contribution < -0.4 is 15.8 Å². The Bertz CT molecular complexity index is 659. The number of hydrogen-bond donors (Lipinski definition) is 2. The zero-order chi connectivity index (χ0) is 15.2. The van der Waals surface area contributed by atoms with Gasteiger partial charge in [0.25, 0.3) is 5.91 Å². The predicted octanol–water partition coefficient (Wildman–Crippen LogP) is 2.48. The number of ether oxygens (including phenoxy) is 1. The molecule has 21 heavy (non-hydrogen) atoms. The molecule has 2 aromatic carbocycles. The third-order valence-electron chi connectivity index (χ3n) is 2.62. The first-order valence-electron chi connectivity index (χ1n) is 6.12. The van der Waals surface area contributed by atoms with E-state index in [9.17, 15) is 9.18 Å². The van der Waals surface area contributed by atoms with Gasteiger partial charge in [0, 0.05) is 11.3 Å². The highest BCUT2D eigenvalue weighted by molar-refractivity contribution is 7.80. The molecule has 0 aliphatic rings. The summed E-state index contributed by atoms with van der Waals surface area (Å²) < 4.78 is 18.1. The molecule has 0 aliphatic carbocycles. The lowest BCUT2D eigenvalue weighted by molar-refractivity contribution is -0.118. The van der Waals surface area contributed by atoms with Crippen LogP contribution in [0.2, 0.25) is 0 Å². The Morgan fingerprint density at radius 2 is 1.95 bits per heavy atom. The van der Waals surface area contributed by atoms with Gasteiger partial charge in [0.05, 0.1) is 0 Å². The molecular weight excluding hydrogens is 291 g/mol. The highest BCUT2D eigenvalue weighted by Crippen LogP contribution is 2.13. The maximum Gasteiger partial charge on any atom is 0.262 e.